The molecule has 0 spiro atoms. The molecule has 0 aliphatic carbocycles. The van der Waals surface area contributed by atoms with Crippen LogP contribution in [0, 0.1) is 5.92 Å². The van der Waals surface area contributed by atoms with Crippen LogP contribution in [0.2, 0.25) is 0 Å². The van der Waals surface area contributed by atoms with Gasteiger partial charge in [0, 0.05) is 25.1 Å². The van der Waals surface area contributed by atoms with Crippen LogP contribution in [0.1, 0.15) is 36.3 Å². The molecule has 2 aromatic heterocycles. The second kappa shape index (κ2) is 8.12. The Hall–Kier alpha value is -2.43. The number of amides is 1. The number of carbonyl (C=O) groups is 1. The van der Waals surface area contributed by atoms with Crippen LogP contribution in [0.25, 0.3) is 0 Å². The SMILES string of the molecule is CC(C)CCNC(=O)c1cncc(NCc2ccccn2)c1. The van der Waals surface area contributed by atoms with Crippen molar-refractivity contribution in [3.05, 3.63) is 54.1 Å². The third kappa shape index (κ3) is 5.16. The third-order valence-corrected chi connectivity index (χ3v) is 3.21. The summed E-state index contributed by atoms with van der Waals surface area (Å²) in [5.74, 6) is 0.486. The van der Waals surface area contributed by atoms with Crippen LogP contribution in [0.4, 0.5) is 5.69 Å². The Morgan fingerprint density at radius 1 is 1.27 bits per heavy atom. The maximum Gasteiger partial charge on any atom is 0.252 e. The molecule has 5 heteroatoms. The Morgan fingerprint density at radius 2 is 2.14 bits per heavy atom. The summed E-state index contributed by atoms with van der Waals surface area (Å²) in [6.45, 7) is 5.55. The van der Waals surface area contributed by atoms with E-state index in [1.807, 2.05) is 18.2 Å². The number of aromatic nitrogens is 2. The molecule has 2 N–H and O–H groups in total. The quantitative estimate of drug-likeness (QED) is 0.825. The highest BCUT2D eigenvalue weighted by Crippen LogP contribution is 2.10. The van der Waals surface area contributed by atoms with Gasteiger partial charge in [0.15, 0.2) is 0 Å². The molecule has 0 atom stereocenters. The lowest BCUT2D eigenvalue weighted by Crippen LogP contribution is -2.25. The molecular formula is C17H22N4O. The molecule has 22 heavy (non-hydrogen) atoms. The Morgan fingerprint density at radius 3 is 2.86 bits per heavy atom. The predicted octanol–water partition coefficient (Wildman–Crippen LogP) is 2.86. The van der Waals surface area contributed by atoms with Crippen LogP contribution in [-0.2, 0) is 6.54 Å². The number of nitrogens with one attached hydrogen (secondary N) is 2. The zero-order valence-electron chi connectivity index (χ0n) is 13.0. The molecule has 0 saturated heterocycles. The van der Waals surface area contributed by atoms with Gasteiger partial charge in [0.2, 0.25) is 0 Å². The molecule has 5 nitrogen and oxygen atoms in total. The van der Waals surface area contributed by atoms with Gasteiger partial charge in [-0.2, -0.15) is 0 Å². The number of hydrogen-bond donors (Lipinski definition) is 2. The molecule has 1 amide bonds. The van der Waals surface area contributed by atoms with E-state index >= 15 is 0 Å². The van der Waals surface area contributed by atoms with E-state index in [9.17, 15) is 4.79 Å². The first-order valence-electron chi connectivity index (χ1n) is 7.52. The number of rotatable bonds is 7. The normalized spacial score (nSPS) is 10.5. The zero-order chi connectivity index (χ0) is 15.8. The minimum atomic E-state index is -0.0883. The molecule has 0 bridgehead atoms. The number of hydrogen-bond acceptors (Lipinski definition) is 4. The first-order chi connectivity index (χ1) is 10.6. The summed E-state index contributed by atoms with van der Waals surface area (Å²) in [6.07, 6.45) is 6.01. The van der Waals surface area contributed by atoms with Gasteiger partial charge in [-0.15, -0.1) is 0 Å². The summed E-state index contributed by atoms with van der Waals surface area (Å²) in [5, 5.41) is 6.14. The summed E-state index contributed by atoms with van der Waals surface area (Å²) >= 11 is 0. The van der Waals surface area contributed by atoms with Crippen molar-refractivity contribution in [3.8, 4) is 0 Å². The van der Waals surface area contributed by atoms with Gasteiger partial charge < -0.3 is 10.6 Å². The summed E-state index contributed by atoms with van der Waals surface area (Å²) in [6, 6.07) is 7.58. The Labute approximate surface area is 131 Å². The molecule has 0 saturated carbocycles. The highest BCUT2D eigenvalue weighted by atomic mass is 16.1. The van der Waals surface area contributed by atoms with Crippen molar-refractivity contribution in [3.63, 3.8) is 0 Å². The van der Waals surface area contributed by atoms with E-state index in [2.05, 4.69) is 34.4 Å². The van der Waals surface area contributed by atoms with E-state index in [4.69, 9.17) is 0 Å². The van der Waals surface area contributed by atoms with Crippen LogP contribution >= 0.6 is 0 Å². The highest BCUT2D eigenvalue weighted by molar-refractivity contribution is 5.94. The van der Waals surface area contributed by atoms with Crippen molar-refractivity contribution in [2.24, 2.45) is 5.92 Å². The first kappa shape index (κ1) is 15.9. The smallest absolute Gasteiger partial charge is 0.252 e. The Bertz CT molecular complexity index is 599. The molecule has 0 aromatic carbocycles. The van der Waals surface area contributed by atoms with Gasteiger partial charge >= 0.3 is 0 Å². The number of carbonyl (C=O) groups excluding carboxylic acids is 1. The van der Waals surface area contributed by atoms with Crippen molar-refractivity contribution >= 4 is 11.6 Å². The average Bonchev–Trinajstić information content (AvgIpc) is 2.54. The fourth-order valence-electron chi connectivity index (χ4n) is 1.93. The van der Waals surface area contributed by atoms with Gasteiger partial charge in [-0.1, -0.05) is 19.9 Å². The topological polar surface area (TPSA) is 66.9 Å². The summed E-state index contributed by atoms with van der Waals surface area (Å²) < 4.78 is 0. The lowest BCUT2D eigenvalue weighted by molar-refractivity contribution is 0.0951. The fourth-order valence-corrected chi connectivity index (χ4v) is 1.93. The van der Waals surface area contributed by atoms with Crippen LogP contribution in [0.5, 0.6) is 0 Å². The molecule has 2 heterocycles. The Kier molecular flexibility index (Phi) is 5.89. The highest BCUT2D eigenvalue weighted by Gasteiger charge is 2.07. The largest absolute Gasteiger partial charge is 0.378 e. The van der Waals surface area contributed by atoms with Gasteiger partial charge in [-0.3, -0.25) is 14.8 Å². The van der Waals surface area contributed by atoms with Gasteiger partial charge in [-0.25, -0.2) is 0 Å². The molecule has 2 aromatic rings. The molecule has 0 aliphatic heterocycles. The monoisotopic (exact) mass is 298 g/mol. The van der Waals surface area contributed by atoms with Crippen molar-refractivity contribution in [1.82, 2.24) is 15.3 Å². The van der Waals surface area contributed by atoms with E-state index in [0.29, 0.717) is 24.6 Å². The van der Waals surface area contributed by atoms with E-state index in [0.717, 1.165) is 17.8 Å². The van der Waals surface area contributed by atoms with Crippen molar-refractivity contribution < 1.29 is 4.79 Å². The Balaban J connectivity index is 1.90. The van der Waals surface area contributed by atoms with E-state index in [1.165, 1.54) is 0 Å². The second-order valence-corrected chi connectivity index (χ2v) is 5.58. The van der Waals surface area contributed by atoms with Crippen LogP contribution in [0.3, 0.4) is 0 Å². The molecular weight excluding hydrogens is 276 g/mol. The van der Waals surface area contributed by atoms with Crippen LogP contribution in [0.15, 0.2) is 42.9 Å². The molecule has 0 unspecified atom stereocenters. The number of pyridine rings is 2. The maximum absolute atomic E-state index is 12.1. The minimum absolute atomic E-state index is 0.0883. The number of anilines is 1. The van der Waals surface area contributed by atoms with Gasteiger partial charge in [0.05, 0.1) is 23.5 Å². The molecule has 0 fully saturated rings. The first-order valence-corrected chi connectivity index (χ1v) is 7.52. The van der Waals surface area contributed by atoms with E-state index in [-0.39, 0.29) is 5.91 Å². The molecule has 2 rings (SSSR count). The fraction of sp³-hybridized carbons (Fsp3) is 0.353. The number of nitrogens with zero attached hydrogens (tertiary/aromatic N) is 2. The van der Waals surface area contributed by atoms with Crippen molar-refractivity contribution in [2.45, 2.75) is 26.8 Å². The van der Waals surface area contributed by atoms with Gasteiger partial charge in [-0.05, 0) is 30.5 Å². The summed E-state index contributed by atoms with van der Waals surface area (Å²) in [7, 11) is 0. The van der Waals surface area contributed by atoms with Gasteiger partial charge in [0.1, 0.15) is 0 Å². The second-order valence-electron chi connectivity index (χ2n) is 5.58. The standard InChI is InChI=1S/C17H22N4O/c1-13(2)6-8-20-17(22)14-9-16(11-18-10-14)21-12-15-5-3-4-7-19-15/h3-5,7,9-11,13,21H,6,8,12H2,1-2H3,(H,20,22). The summed E-state index contributed by atoms with van der Waals surface area (Å²) in [5.41, 5.74) is 2.31. The van der Waals surface area contributed by atoms with Crippen molar-refractivity contribution in [2.75, 3.05) is 11.9 Å². The maximum atomic E-state index is 12.1. The average molecular weight is 298 g/mol. The predicted molar refractivity (Wildman–Crippen MR) is 87.6 cm³/mol. The van der Waals surface area contributed by atoms with Gasteiger partial charge in [0.25, 0.3) is 5.91 Å². The third-order valence-electron chi connectivity index (χ3n) is 3.21. The minimum Gasteiger partial charge on any atom is -0.378 e. The molecule has 116 valence electrons. The summed E-state index contributed by atoms with van der Waals surface area (Å²) in [4.78, 5) is 20.4. The van der Waals surface area contributed by atoms with E-state index in [1.54, 1.807) is 24.7 Å². The molecule has 0 aliphatic rings. The lowest BCUT2D eigenvalue weighted by atomic mass is 10.1. The molecule has 0 radical (unpaired) electrons. The van der Waals surface area contributed by atoms with Crippen molar-refractivity contribution in [1.29, 1.82) is 0 Å². The zero-order valence-corrected chi connectivity index (χ0v) is 13.0. The van der Waals surface area contributed by atoms with Crippen LogP contribution < -0.4 is 10.6 Å². The van der Waals surface area contributed by atoms with Crippen LogP contribution in [-0.4, -0.2) is 22.4 Å². The van der Waals surface area contributed by atoms with E-state index < -0.39 is 0 Å². The lowest BCUT2D eigenvalue weighted by Gasteiger charge is -2.09.